The summed E-state index contributed by atoms with van der Waals surface area (Å²) >= 11 is 0. The quantitative estimate of drug-likeness (QED) is 0.110. The smallest absolute Gasteiger partial charge is 0.234 e. The van der Waals surface area contributed by atoms with Gasteiger partial charge in [-0.25, -0.2) is 9.13 Å². The molecular formula is C30H59N2+. The third-order valence-corrected chi connectivity index (χ3v) is 7.10. The topological polar surface area (TPSA) is 8.81 Å². The third kappa shape index (κ3) is 15.1. The van der Waals surface area contributed by atoms with Crippen LogP contribution in [0.5, 0.6) is 0 Å². The van der Waals surface area contributed by atoms with Gasteiger partial charge in [0.15, 0.2) is 0 Å². The second-order valence-corrected chi connectivity index (χ2v) is 10.2. The van der Waals surface area contributed by atoms with Crippen molar-refractivity contribution in [2.75, 3.05) is 0 Å². The highest BCUT2D eigenvalue weighted by molar-refractivity contribution is 4.84. The molecule has 188 valence electrons. The Labute approximate surface area is 202 Å². The molecule has 0 radical (unpaired) electrons. The molecular weight excluding hydrogens is 388 g/mol. The Hall–Kier alpha value is -0.790. The van der Waals surface area contributed by atoms with Crippen molar-refractivity contribution in [1.29, 1.82) is 0 Å². The zero-order valence-corrected chi connectivity index (χ0v) is 22.5. The summed E-state index contributed by atoms with van der Waals surface area (Å²) in [5.74, 6) is 1.59. The van der Waals surface area contributed by atoms with Crippen LogP contribution in [0.15, 0.2) is 12.4 Å². The lowest BCUT2D eigenvalue weighted by Gasteiger charge is -2.06. The molecule has 0 aliphatic rings. The number of hydrogen-bond donors (Lipinski definition) is 0. The van der Waals surface area contributed by atoms with Crippen LogP contribution in [0.4, 0.5) is 0 Å². The molecule has 0 spiro atoms. The number of imidazole rings is 1. The molecule has 0 fully saturated rings. The Kier molecular flexibility index (Phi) is 20.1. The maximum atomic E-state index is 2.59. The monoisotopic (exact) mass is 447 g/mol. The lowest BCUT2D eigenvalue weighted by atomic mass is 10.1. The molecule has 2 heteroatoms. The highest BCUT2D eigenvalue weighted by atomic mass is 15.1. The first-order valence-corrected chi connectivity index (χ1v) is 14.9. The van der Waals surface area contributed by atoms with Gasteiger partial charge in [0, 0.05) is 6.42 Å². The summed E-state index contributed by atoms with van der Waals surface area (Å²) in [7, 11) is 0. The minimum Gasteiger partial charge on any atom is -0.234 e. The highest BCUT2D eigenvalue weighted by Crippen LogP contribution is 2.13. The predicted molar refractivity (Wildman–Crippen MR) is 142 cm³/mol. The Morgan fingerprint density at radius 3 is 1.47 bits per heavy atom. The molecule has 0 N–H and O–H groups in total. The summed E-state index contributed by atoms with van der Waals surface area (Å²) in [6, 6.07) is 0. The standard InChI is InChI=1S/C30H59N2/c1-4-7-10-12-14-15-16-17-18-20-22-24-27-32-29-28-31(26-9-6-3)30(32)25-23-21-19-13-11-8-5-2/h28-29H,4-27H2,1-3H3/q+1. The van der Waals surface area contributed by atoms with E-state index in [1.165, 1.54) is 154 Å². The lowest BCUT2D eigenvalue weighted by molar-refractivity contribution is -0.704. The molecule has 1 aromatic rings. The van der Waals surface area contributed by atoms with Gasteiger partial charge in [0.1, 0.15) is 12.4 Å². The van der Waals surface area contributed by atoms with Crippen LogP contribution in [0.25, 0.3) is 0 Å². The van der Waals surface area contributed by atoms with Gasteiger partial charge in [-0.2, -0.15) is 0 Å². The van der Waals surface area contributed by atoms with Crippen molar-refractivity contribution in [3.05, 3.63) is 18.2 Å². The minimum absolute atomic E-state index is 1.20. The Morgan fingerprint density at radius 1 is 0.531 bits per heavy atom. The van der Waals surface area contributed by atoms with Gasteiger partial charge in [-0.1, -0.05) is 130 Å². The summed E-state index contributed by atoms with van der Waals surface area (Å²) < 4.78 is 5.14. The minimum atomic E-state index is 1.20. The van der Waals surface area contributed by atoms with Gasteiger partial charge in [-0.3, -0.25) is 0 Å². The molecule has 0 saturated carbocycles. The summed E-state index contributed by atoms with van der Waals surface area (Å²) in [6.07, 6.45) is 35.6. The highest BCUT2D eigenvalue weighted by Gasteiger charge is 2.16. The van der Waals surface area contributed by atoms with E-state index in [1.807, 2.05) is 0 Å². The molecule has 1 aromatic heterocycles. The zero-order chi connectivity index (χ0) is 23.1. The molecule has 0 unspecified atom stereocenters. The first-order valence-electron chi connectivity index (χ1n) is 14.9. The fraction of sp³-hybridized carbons (Fsp3) is 0.900. The van der Waals surface area contributed by atoms with Crippen LogP contribution in [-0.4, -0.2) is 4.57 Å². The molecule has 0 bridgehead atoms. The number of unbranched alkanes of at least 4 members (excludes halogenated alkanes) is 18. The maximum Gasteiger partial charge on any atom is 0.256 e. The lowest BCUT2D eigenvalue weighted by Crippen LogP contribution is -2.37. The third-order valence-electron chi connectivity index (χ3n) is 7.10. The van der Waals surface area contributed by atoms with Crippen molar-refractivity contribution in [2.24, 2.45) is 0 Å². The van der Waals surface area contributed by atoms with Gasteiger partial charge in [-0.15, -0.1) is 0 Å². The van der Waals surface area contributed by atoms with E-state index in [0.717, 1.165) is 0 Å². The fourth-order valence-electron chi connectivity index (χ4n) is 4.88. The molecule has 0 atom stereocenters. The number of aromatic nitrogens is 2. The van der Waals surface area contributed by atoms with E-state index in [0.29, 0.717) is 0 Å². The molecule has 0 amide bonds. The summed E-state index contributed by atoms with van der Waals surface area (Å²) in [5, 5.41) is 0. The van der Waals surface area contributed by atoms with Crippen LogP contribution in [-0.2, 0) is 19.5 Å². The summed E-state index contributed by atoms with van der Waals surface area (Å²) in [6.45, 7) is 9.34. The van der Waals surface area contributed by atoms with E-state index in [2.05, 4.69) is 42.3 Å². The van der Waals surface area contributed by atoms with E-state index in [9.17, 15) is 0 Å². The van der Waals surface area contributed by atoms with Crippen LogP contribution in [0.2, 0.25) is 0 Å². The zero-order valence-electron chi connectivity index (χ0n) is 22.5. The molecule has 0 aromatic carbocycles. The Bertz CT molecular complexity index is 505. The van der Waals surface area contributed by atoms with Gasteiger partial charge in [0.05, 0.1) is 13.1 Å². The van der Waals surface area contributed by atoms with Crippen molar-refractivity contribution in [1.82, 2.24) is 4.57 Å². The van der Waals surface area contributed by atoms with Gasteiger partial charge in [-0.05, 0) is 25.7 Å². The Morgan fingerprint density at radius 2 is 0.969 bits per heavy atom. The number of hydrogen-bond acceptors (Lipinski definition) is 0. The van der Waals surface area contributed by atoms with E-state index >= 15 is 0 Å². The summed E-state index contributed by atoms with van der Waals surface area (Å²) in [4.78, 5) is 0. The molecule has 1 heterocycles. The van der Waals surface area contributed by atoms with E-state index in [4.69, 9.17) is 0 Å². The van der Waals surface area contributed by atoms with E-state index in [-0.39, 0.29) is 0 Å². The van der Waals surface area contributed by atoms with Gasteiger partial charge >= 0.3 is 0 Å². The average Bonchev–Trinajstić information content (AvgIpc) is 3.19. The van der Waals surface area contributed by atoms with Crippen molar-refractivity contribution < 1.29 is 4.57 Å². The fourth-order valence-corrected chi connectivity index (χ4v) is 4.88. The molecule has 1 rings (SSSR count). The van der Waals surface area contributed by atoms with Crippen molar-refractivity contribution >= 4 is 0 Å². The van der Waals surface area contributed by atoms with Crippen LogP contribution in [0.1, 0.15) is 161 Å². The first-order chi connectivity index (χ1) is 15.8. The number of nitrogens with zero attached hydrogens (tertiary/aromatic N) is 2. The molecule has 0 aliphatic heterocycles. The molecule has 0 aliphatic carbocycles. The van der Waals surface area contributed by atoms with Crippen molar-refractivity contribution in [2.45, 2.75) is 175 Å². The van der Waals surface area contributed by atoms with Crippen molar-refractivity contribution in [3.8, 4) is 0 Å². The van der Waals surface area contributed by atoms with Gasteiger partial charge in [0.25, 0.3) is 5.82 Å². The summed E-state index contributed by atoms with van der Waals surface area (Å²) in [5.41, 5.74) is 0. The Balaban J connectivity index is 2.20. The number of aryl methyl sites for hydroxylation is 2. The van der Waals surface area contributed by atoms with Crippen LogP contribution in [0.3, 0.4) is 0 Å². The molecule has 2 nitrogen and oxygen atoms in total. The van der Waals surface area contributed by atoms with Gasteiger partial charge < -0.3 is 0 Å². The molecule has 0 saturated heterocycles. The largest absolute Gasteiger partial charge is 0.256 e. The first kappa shape index (κ1) is 29.2. The predicted octanol–water partition coefficient (Wildman–Crippen LogP) is 9.57. The normalized spacial score (nSPS) is 11.5. The van der Waals surface area contributed by atoms with Crippen LogP contribution >= 0.6 is 0 Å². The van der Waals surface area contributed by atoms with Gasteiger partial charge in [0.2, 0.25) is 0 Å². The second-order valence-electron chi connectivity index (χ2n) is 10.2. The van der Waals surface area contributed by atoms with E-state index < -0.39 is 0 Å². The molecule has 32 heavy (non-hydrogen) atoms. The number of rotatable bonds is 24. The van der Waals surface area contributed by atoms with E-state index in [1.54, 1.807) is 5.82 Å². The van der Waals surface area contributed by atoms with Crippen molar-refractivity contribution in [3.63, 3.8) is 0 Å². The average molecular weight is 448 g/mol. The maximum absolute atomic E-state index is 2.59. The SMILES string of the molecule is CCCCCCCCCCCCCC[n+]1ccn(CCCC)c1CCCCCCCCC. The van der Waals surface area contributed by atoms with Crippen LogP contribution < -0.4 is 4.57 Å². The van der Waals surface area contributed by atoms with Crippen LogP contribution in [0, 0.1) is 0 Å². The second kappa shape index (κ2) is 22.0.